The molecule has 0 atom stereocenters. The van der Waals surface area contributed by atoms with E-state index in [9.17, 15) is 0 Å². The summed E-state index contributed by atoms with van der Waals surface area (Å²) in [5.41, 5.74) is 0. The smallest absolute Gasteiger partial charge is 0.215 e. The SMILES string of the molecule is CCOc1cccc(NCCCNC2CC2)n1. The molecular formula is C13H21N3O. The minimum Gasteiger partial charge on any atom is -0.478 e. The molecule has 2 rings (SSSR count). The maximum absolute atomic E-state index is 5.35. The van der Waals surface area contributed by atoms with Gasteiger partial charge < -0.3 is 15.4 Å². The van der Waals surface area contributed by atoms with Gasteiger partial charge >= 0.3 is 0 Å². The molecule has 0 amide bonds. The fraction of sp³-hybridized carbons (Fsp3) is 0.615. The van der Waals surface area contributed by atoms with Crippen molar-refractivity contribution in [3.05, 3.63) is 18.2 Å². The number of rotatable bonds is 8. The van der Waals surface area contributed by atoms with Crippen molar-refractivity contribution in [3.8, 4) is 5.88 Å². The van der Waals surface area contributed by atoms with Gasteiger partial charge in [-0.1, -0.05) is 6.07 Å². The van der Waals surface area contributed by atoms with Gasteiger partial charge in [-0.15, -0.1) is 0 Å². The summed E-state index contributed by atoms with van der Waals surface area (Å²) in [4.78, 5) is 4.35. The standard InChI is InChI=1S/C13H21N3O/c1-2-17-13-6-3-5-12(16-13)15-10-4-9-14-11-7-8-11/h3,5-6,11,14H,2,4,7-10H2,1H3,(H,15,16). The van der Waals surface area contributed by atoms with E-state index < -0.39 is 0 Å². The topological polar surface area (TPSA) is 46.2 Å². The second-order valence-corrected chi connectivity index (χ2v) is 4.30. The van der Waals surface area contributed by atoms with Crippen molar-refractivity contribution in [2.24, 2.45) is 0 Å². The first kappa shape index (κ1) is 12.2. The monoisotopic (exact) mass is 235 g/mol. The van der Waals surface area contributed by atoms with Crippen LogP contribution in [0, 0.1) is 0 Å². The Morgan fingerprint density at radius 2 is 2.24 bits per heavy atom. The molecule has 1 aromatic rings. The van der Waals surface area contributed by atoms with Gasteiger partial charge in [0.2, 0.25) is 5.88 Å². The largest absolute Gasteiger partial charge is 0.478 e. The molecule has 0 saturated heterocycles. The highest BCUT2D eigenvalue weighted by atomic mass is 16.5. The van der Waals surface area contributed by atoms with E-state index in [-0.39, 0.29) is 0 Å². The zero-order valence-corrected chi connectivity index (χ0v) is 10.4. The number of aromatic nitrogens is 1. The van der Waals surface area contributed by atoms with Crippen molar-refractivity contribution in [2.45, 2.75) is 32.2 Å². The Kier molecular flexibility index (Phi) is 4.62. The lowest BCUT2D eigenvalue weighted by Gasteiger charge is -2.08. The van der Waals surface area contributed by atoms with Crippen LogP contribution in [0.15, 0.2) is 18.2 Å². The number of pyridine rings is 1. The van der Waals surface area contributed by atoms with E-state index in [1.54, 1.807) is 0 Å². The van der Waals surface area contributed by atoms with Gasteiger partial charge in [-0.3, -0.25) is 0 Å². The Labute approximate surface area is 103 Å². The molecule has 1 aromatic heterocycles. The second-order valence-electron chi connectivity index (χ2n) is 4.30. The third-order valence-electron chi connectivity index (χ3n) is 2.69. The van der Waals surface area contributed by atoms with E-state index in [4.69, 9.17) is 4.74 Å². The molecule has 17 heavy (non-hydrogen) atoms. The molecule has 0 unspecified atom stereocenters. The Hall–Kier alpha value is -1.29. The van der Waals surface area contributed by atoms with Crippen LogP contribution in [0.4, 0.5) is 5.82 Å². The van der Waals surface area contributed by atoms with Crippen molar-refractivity contribution < 1.29 is 4.74 Å². The first-order valence-corrected chi connectivity index (χ1v) is 6.45. The van der Waals surface area contributed by atoms with Crippen LogP contribution in [-0.4, -0.2) is 30.7 Å². The fourth-order valence-corrected chi connectivity index (χ4v) is 1.64. The summed E-state index contributed by atoms with van der Waals surface area (Å²) in [5, 5.41) is 6.80. The molecule has 1 aliphatic carbocycles. The van der Waals surface area contributed by atoms with Gasteiger partial charge in [0.25, 0.3) is 0 Å². The number of nitrogens with one attached hydrogen (secondary N) is 2. The van der Waals surface area contributed by atoms with Crippen LogP contribution in [0.5, 0.6) is 5.88 Å². The van der Waals surface area contributed by atoms with Crippen LogP contribution >= 0.6 is 0 Å². The summed E-state index contributed by atoms with van der Waals surface area (Å²) >= 11 is 0. The van der Waals surface area contributed by atoms with Gasteiger partial charge in [-0.2, -0.15) is 4.98 Å². The van der Waals surface area contributed by atoms with E-state index >= 15 is 0 Å². The highest BCUT2D eigenvalue weighted by molar-refractivity contribution is 5.36. The van der Waals surface area contributed by atoms with Gasteiger partial charge in [0.1, 0.15) is 5.82 Å². The quantitative estimate of drug-likeness (QED) is 0.677. The molecule has 1 heterocycles. The summed E-state index contributed by atoms with van der Waals surface area (Å²) in [7, 11) is 0. The lowest BCUT2D eigenvalue weighted by molar-refractivity contribution is 0.327. The molecule has 0 aliphatic heterocycles. The molecule has 0 aromatic carbocycles. The normalized spacial score (nSPS) is 14.6. The molecule has 4 heteroatoms. The molecule has 94 valence electrons. The molecular weight excluding hydrogens is 214 g/mol. The predicted octanol–water partition coefficient (Wildman–Crippen LogP) is 2.03. The Bertz CT molecular complexity index is 339. The van der Waals surface area contributed by atoms with E-state index in [1.807, 2.05) is 25.1 Å². The van der Waals surface area contributed by atoms with Crippen molar-refractivity contribution in [2.75, 3.05) is 25.0 Å². The summed E-state index contributed by atoms with van der Waals surface area (Å²) in [6.07, 6.45) is 3.83. The van der Waals surface area contributed by atoms with Crippen molar-refractivity contribution >= 4 is 5.82 Å². The molecule has 2 N–H and O–H groups in total. The average molecular weight is 235 g/mol. The highest BCUT2D eigenvalue weighted by Crippen LogP contribution is 2.18. The molecule has 1 saturated carbocycles. The molecule has 0 spiro atoms. The van der Waals surface area contributed by atoms with Gasteiger partial charge in [0, 0.05) is 18.7 Å². The Balaban J connectivity index is 1.64. The minimum atomic E-state index is 0.655. The summed E-state index contributed by atoms with van der Waals surface area (Å²) < 4.78 is 5.35. The predicted molar refractivity (Wildman–Crippen MR) is 69.5 cm³/mol. The van der Waals surface area contributed by atoms with Gasteiger partial charge in [-0.05, 0) is 38.8 Å². The molecule has 4 nitrogen and oxygen atoms in total. The second kappa shape index (κ2) is 6.45. The highest BCUT2D eigenvalue weighted by Gasteiger charge is 2.19. The van der Waals surface area contributed by atoms with Gasteiger partial charge in [-0.25, -0.2) is 0 Å². The Morgan fingerprint density at radius 3 is 3.00 bits per heavy atom. The van der Waals surface area contributed by atoms with Crippen LogP contribution in [-0.2, 0) is 0 Å². The lowest BCUT2D eigenvalue weighted by atomic mass is 10.4. The zero-order chi connectivity index (χ0) is 11.9. The van der Waals surface area contributed by atoms with Crippen LogP contribution in [0.2, 0.25) is 0 Å². The molecule has 1 aliphatic rings. The van der Waals surface area contributed by atoms with E-state index in [2.05, 4.69) is 15.6 Å². The molecule has 1 fully saturated rings. The van der Waals surface area contributed by atoms with Crippen LogP contribution in [0.1, 0.15) is 26.2 Å². The minimum absolute atomic E-state index is 0.655. The molecule has 0 bridgehead atoms. The third-order valence-corrected chi connectivity index (χ3v) is 2.69. The zero-order valence-electron chi connectivity index (χ0n) is 10.4. The van der Waals surface area contributed by atoms with Crippen molar-refractivity contribution in [1.29, 1.82) is 0 Å². The summed E-state index contributed by atoms with van der Waals surface area (Å²) in [6.45, 7) is 4.65. The van der Waals surface area contributed by atoms with Crippen molar-refractivity contribution in [1.82, 2.24) is 10.3 Å². The Morgan fingerprint density at radius 1 is 1.35 bits per heavy atom. The van der Waals surface area contributed by atoms with Gasteiger partial charge in [0.15, 0.2) is 0 Å². The first-order valence-electron chi connectivity index (χ1n) is 6.45. The summed E-state index contributed by atoms with van der Waals surface area (Å²) in [5.74, 6) is 1.58. The van der Waals surface area contributed by atoms with Crippen LogP contribution < -0.4 is 15.4 Å². The number of ether oxygens (including phenoxy) is 1. The number of hydrogen-bond donors (Lipinski definition) is 2. The van der Waals surface area contributed by atoms with E-state index in [0.717, 1.165) is 31.4 Å². The lowest BCUT2D eigenvalue weighted by Crippen LogP contribution is -2.20. The maximum atomic E-state index is 5.35. The first-order chi connectivity index (χ1) is 8.38. The van der Waals surface area contributed by atoms with Crippen molar-refractivity contribution in [3.63, 3.8) is 0 Å². The fourth-order valence-electron chi connectivity index (χ4n) is 1.64. The van der Waals surface area contributed by atoms with Crippen LogP contribution in [0.25, 0.3) is 0 Å². The van der Waals surface area contributed by atoms with E-state index in [1.165, 1.54) is 12.8 Å². The van der Waals surface area contributed by atoms with E-state index in [0.29, 0.717) is 12.5 Å². The number of anilines is 1. The van der Waals surface area contributed by atoms with Crippen LogP contribution in [0.3, 0.4) is 0 Å². The maximum Gasteiger partial charge on any atom is 0.215 e. The third kappa shape index (κ3) is 4.61. The van der Waals surface area contributed by atoms with Gasteiger partial charge in [0.05, 0.1) is 6.61 Å². The number of nitrogens with zero attached hydrogens (tertiary/aromatic N) is 1. The summed E-state index contributed by atoms with van der Waals surface area (Å²) in [6, 6.07) is 6.61. The average Bonchev–Trinajstić information content (AvgIpc) is 3.14. The number of hydrogen-bond acceptors (Lipinski definition) is 4. The molecule has 0 radical (unpaired) electrons.